The first-order valence-electron chi connectivity index (χ1n) is 6.04. The maximum absolute atomic E-state index is 13.1. The number of nitrogens with one attached hydrogen (secondary N) is 2. The van der Waals surface area contributed by atoms with E-state index in [0.717, 1.165) is 12.1 Å². The summed E-state index contributed by atoms with van der Waals surface area (Å²) >= 11 is 11.7. The van der Waals surface area contributed by atoms with Crippen molar-refractivity contribution in [1.82, 2.24) is 10.2 Å². The second kappa shape index (κ2) is 6.69. The Morgan fingerprint density at radius 1 is 1.24 bits per heavy atom. The van der Waals surface area contributed by atoms with Gasteiger partial charge in [0.25, 0.3) is 5.91 Å². The number of nitrogens with zero attached hydrogens (tertiary/aromatic N) is 2. The van der Waals surface area contributed by atoms with E-state index in [1.165, 1.54) is 6.07 Å². The van der Waals surface area contributed by atoms with Gasteiger partial charge >= 0.3 is 0 Å². The fraction of sp³-hybridized carbons (Fsp3) is 0.154. The highest BCUT2D eigenvalue weighted by molar-refractivity contribution is 6.40. The molecule has 1 aromatic carbocycles. The first kappa shape index (κ1) is 15.5. The van der Waals surface area contributed by atoms with E-state index in [9.17, 15) is 9.18 Å². The molecule has 0 aliphatic rings. The number of halogens is 3. The fourth-order valence-corrected chi connectivity index (χ4v) is 2.12. The van der Waals surface area contributed by atoms with Gasteiger partial charge in [0, 0.05) is 6.54 Å². The van der Waals surface area contributed by atoms with E-state index in [1.807, 2.05) is 6.92 Å². The summed E-state index contributed by atoms with van der Waals surface area (Å²) in [5.41, 5.74) is 0.218. The van der Waals surface area contributed by atoms with Gasteiger partial charge in [-0.15, -0.1) is 10.2 Å². The first-order valence-corrected chi connectivity index (χ1v) is 6.80. The van der Waals surface area contributed by atoms with Crippen LogP contribution in [0.4, 0.5) is 15.9 Å². The van der Waals surface area contributed by atoms with Crippen molar-refractivity contribution >= 4 is 40.6 Å². The quantitative estimate of drug-likeness (QED) is 0.899. The molecule has 1 amide bonds. The van der Waals surface area contributed by atoms with Crippen molar-refractivity contribution in [2.45, 2.75) is 6.92 Å². The van der Waals surface area contributed by atoms with Crippen LogP contribution in [0.5, 0.6) is 0 Å². The van der Waals surface area contributed by atoms with Crippen LogP contribution in [0.25, 0.3) is 0 Å². The minimum absolute atomic E-state index is 0.00517. The third kappa shape index (κ3) is 3.80. The van der Waals surface area contributed by atoms with Gasteiger partial charge < -0.3 is 10.6 Å². The Morgan fingerprint density at radius 2 is 1.90 bits per heavy atom. The number of amides is 1. The maximum atomic E-state index is 13.1. The lowest BCUT2D eigenvalue weighted by molar-refractivity contribution is 0.102. The van der Waals surface area contributed by atoms with Gasteiger partial charge in [-0.25, -0.2) is 4.39 Å². The standard InChI is InChI=1S/C13H11Cl2FN4O/c1-2-17-11-4-3-10(19-20-11)13(21)18-12-8(14)5-7(16)6-9(12)15/h3-6H,2H2,1H3,(H,17,20)(H,18,21). The Bertz CT molecular complexity index is 641. The third-order valence-corrected chi connectivity index (χ3v) is 3.10. The Hall–Kier alpha value is -1.92. The average molecular weight is 329 g/mol. The Kier molecular flexibility index (Phi) is 4.93. The van der Waals surface area contributed by atoms with Gasteiger partial charge in [-0.1, -0.05) is 23.2 Å². The summed E-state index contributed by atoms with van der Waals surface area (Å²) in [4.78, 5) is 12.0. The highest BCUT2D eigenvalue weighted by Crippen LogP contribution is 2.31. The molecule has 2 N–H and O–H groups in total. The molecule has 0 bridgehead atoms. The number of hydrogen-bond acceptors (Lipinski definition) is 4. The molecule has 0 saturated carbocycles. The molecule has 0 spiro atoms. The number of rotatable bonds is 4. The van der Waals surface area contributed by atoms with Crippen LogP contribution in [0.2, 0.25) is 10.0 Å². The van der Waals surface area contributed by atoms with E-state index in [1.54, 1.807) is 6.07 Å². The second-order valence-corrected chi connectivity index (χ2v) is 4.85. The number of aromatic nitrogens is 2. The summed E-state index contributed by atoms with van der Waals surface area (Å²) in [6.45, 7) is 2.61. The zero-order valence-electron chi connectivity index (χ0n) is 11.0. The minimum Gasteiger partial charge on any atom is -0.369 e. The predicted molar refractivity (Wildman–Crippen MR) is 80.6 cm³/mol. The largest absolute Gasteiger partial charge is 0.369 e. The van der Waals surface area contributed by atoms with Gasteiger partial charge in [0.2, 0.25) is 0 Å². The highest BCUT2D eigenvalue weighted by atomic mass is 35.5. The summed E-state index contributed by atoms with van der Waals surface area (Å²) in [6.07, 6.45) is 0. The van der Waals surface area contributed by atoms with Crippen LogP contribution >= 0.6 is 23.2 Å². The number of carbonyl (C=O) groups excluding carboxylic acids is 1. The summed E-state index contributed by atoms with van der Waals surface area (Å²) in [6, 6.07) is 5.25. The number of carbonyl (C=O) groups is 1. The van der Waals surface area contributed by atoms with Crippen molar-refractivity contribution in [1.29, 1.82) is 0 Å². The van der Waals surface area contributed by atoms with E-state index in [2.05, 4.69) is 20.8 Å². The van der Waals surface area contributed by atoms with Crippen LogP contribution in [0.3, 0.4) is 0 Å². The monoisotopic (exact) mass is 328 g/mol. The summed E-state index contributed by atoms with van der Waals surface area (Å²) in [5.74, 6) is -0.564. The van der Waals surface area contributed by atoms with E-state index in [-0.39, 0.29) is 21.4 Å². The Balaban J connectivity index is 2.18. The molecule has 110 valence electrons. The van der Waals surface area contributed by atoms with E-state index in [0.29, 0.717) is 12.4 Å². The zero-order chi connectivity index (χ0) is 15.4. The minimum atomic E-state index is -0.585. The fourth-order valence-electron chi connectivity index (χ4n) is 1.57. The van der Waals surface area contributed by atoms with E-state index >= 15 is 0 Å². The van der Waals surface area contributed by atoms with Crippen molar-refractivity contribution < 1.29 is 9.18 Å². The predicted octanol–water partition coefficient (Wildman–Crippen LogP) is 3.61. The van der Waals surface area contributed by atoms with Crippen molar-refractivity contribution in [2.75, 3.05) is 17.2 Å². The summed E-state index contributed by atoms with van der Waals surface area (Å²) in [7, 11) is 0. The SMILES string of the molecule is CCNc1ccc(C(=O)Nc2c(Cl)cc(F)cc2Cl)nn1. The van der Waals surface area contributed by atoms with Gasteiger partial charge in [-0.3, -0.25) is 4.79 Å². The van der Waals surface area contributed by atoms with Gasteiger partial charge in [0.05, 0.1) is 15.7 Å². The van der Waals surface area contributed by atoms with Crippen molar-refractivity contribution in [3.8, 4) is 0 Å². The van der Waals surface area contributed by atoms with E-state index < -0.39 is 11.7 Å². The zero-order valence-corrected chi connectivity index (χ0v) is 12.5. The van der Waals surface area contributed by atoms with Crippen LogP contribution in [-0.2, 0) is 0 Å². The molecule has 5 nitrogen and oxygen atoms in total. The van der Waals surface area contributed by atoms with Gasteiger partial charge in [0.1, 0.15) is 11.6 Å². The summed E-state index contributed by atoms with van der Waals surface area (Å²) in [5, 5.41) is 13.1. The topological polar surface area (TPSA) is 66.9 Å². The smallest absolute Gasteiger partial charge is 0.276 e. The van der Waals surface area contributed by atoms with Crippen molar-refractivity contribution in [3.63, 3.8) is 0 Å². The molecule has 0 unspecified atom stereocenters. The molecule has 0 fully saturated rings. The molecule has 8 heteroatoms. The average Bonchev–Trinajstić information content (AvgIpc) is 2.43. The molecule has 0 atom stereocenters. The first-order chi connectivity index (χ1) is 10.0. The molecule has 2 rings (SSSR count). The number of anilines is 2. The number of hydrogen-bond donors (Lipinski definition) is 2. The molecular formula is C13H11Cl2FN4O. The number of benzene rings is 1. The van der Waals surface area contributed by atoms with Crippen LogP contribution in [0.15, 0.2) is 24.3 Å². The second-order valence-electron chi connectivity index (χ2n) is 4.03. The van der Waals surface area contributed by atoms with Crippen LogP contribution in [0.1, 0.15) is 17.4 Å². The Morgan fingerprint density at radius 3 is 2.43 bits per heavy atom. The molecule has 0 radical (unpaired) electrons. The molecule has 2 aromatic rings. The molecule has 21 heavy (non-hydrogen) atoms. The Labute approximate surface area is 130 Å². The molecule has 0 aliphatic carbocycles. The lowest BCUT2D eigenvalue weighted by atomic mass is 10.3. The van der Waals surface area contributed by atoms with E-state index in [4.69, 9.17) is 23.2 Å². The van der Waals surface area contributed by atoms with Gasteiger partial charge in [-0.2, -0.15) is 0 Å². The molecule has 0 saturated heterocycles. The molecule has 1 heterocycles. The molecule has 0 aliphatic heterocycles. The van der Waals surface area contributed by atoms with Crippen LogP contribution in [-0.4, -0.2) is 22.6 Å². The lowest BCUT2D eigenvalue weighted by Crippen LogP contribution is -2.15. The third-order valence-electron chi connectivity index (χ3n) is 2.50. The summed E-state index contributed by atoms with van der Waals surface area (Å²) < 4.78 is 13.1. The van der Waals surface area contributed by atoms with Gasteiger partial charge in [0.15, 0.2) is 5.69 Å². The van der Waals surface area contributed by atoms with Gasteiger partial charge in [-0.05, 0) is 31.2 Å². The van der Waals surface area contributed by atoms with Crippen molar-refractivity contribution in [2.24, 2.45) is 0 Å². The normalized spacial score (nSPS) is 10.3. The maximum Gasteiger partial charge on any atom is 0.276 e. The molecular weight excluding hydrogens is 318 g/mol. The van der Waals surface area contributed by atoms with Crippen LogP contribution in [0, 0.1) is 5.82 Å². The highest BCUT2D eigenvalue weighted by Gasteiger charge is 2.14. The molecule has 1 aromatic heterocycles. The lowest BCUT2D eigenvalue weighted by Gasteiger charge is -2.09. The van der Waals surface area contributed by atoms with Crippen molar-refractivity contribution in [3.05, 3.63) is 45.8 Å². The van der Waals surface area contributed by atoms with Crippen LogP contribution < -0.4 is 10.6 Å².